The van der Waals surface area contributed by atoms with Crippen molar-refractivity contribution in [1.82, 2.24) is 0 Å². The zero-order valence-corrected chi connectivity index (χ0v) is 12.5. The van der Waals surface area contributed by atoms with Gasteiger partial charge in [0.2, 0.25) is 5.91 Å². The van der Waals surface area contributed by atoms with Gasteiger partial charge < -0.3 is 10.1 Å². The lowest BCUT2D eigenvalue weighted by Gasteiger charge is -2.19. The normalized spacial score (nSPS) is 13.2. The van der Waals surface area contributed by atoms with Crippen molar-refractivity contribution in [3.05, 3.63) is 65.2 Å². The molecule has 2 unspecified atom stereocenters. The first-order valence-corrected chi connectivity index (χ1v) is 6.99. The van der Waals surface area contributed by atoms with Crippen LogP contribution in [-0.4, -0.2) is 12.2 Å². The minimum Gasteiger partial charge on any atom is -0.323 e. The third kappa shape index (κ3) is 3.98. The van der Waals surface area contributed by atoms with Gasteiger partial charge in [0.05, 0.1) is 5.69 Å². The largest absolute Gasteiger partial charge is 0.323 e. The number of benzene rings is 2. The van der Waals surface area contributed by atoms with Gasteiger partial charge in [0.25, 0.3) is 0 Å². The third-order valence-electron chi connectivity index (χ3n) is 3.59. The first kappa shape index (κ1) is 17.7. The lowest BCUT2D eigenvalue weighted by Crippen LogP contribution is -2.28. The van der Waals surface area contributed by atoms with Crippen molar-refractivity contribution >= 4 is 17.9 Å². The molecular weight excluding hydrogens is 326 g/mol. The maximum absolute atomic E-state index is 13.6. The van der Waals surface area contributed by atoms with Crippen molar-refractivity contribution < 1.29 is 27.2 Å². The molecule has 0 saturated carbocycles. The highest BCUT2D eigenvalue weighted by Gasteiger charge is 2.27. The molecule has 2 aromatic carbocycles. The lowest BCUT2D eigenvalue weighted by molar-refractivity contribution is -0.125. The minimum atomic E-state index is -1.31. The van der Waals surface area contributed by atoms with E-state index >= 15 is 0 Å². The van der Waals surface area contributed by atoms with Gasteiger partial charge >= 0.3 is 0 Å². The number of carbonyl (C=O) groups is 2. The van der Waals surface area contributed by atoms with Gasteiger partial charge in [-0.1, -0.05) is 6.92 Å². The van der Waals surface area contributed by atoms with Crippen LogP contribution >= 0.6 is 0 Å². The molecule has 2 aromatic rings. The summed E-state index contributed by atoms with van der Waals surface area (Å²) >= 11 is 0. The molecule has 2 rings (SSSR count). The van der Waals surface area contributed by atoms with Gasteiger partial charge in [-0.3, -0.25) is 4.79 Å². The molecule has 0 bridgehead atoms. The fraction of sp³-hybridized carbons (Fsp3) is 0.176. The van der Waals surface area contributed by atoms with Crippen molar-refractivity contribution in [3.8, 4) is 0 Å². The second kappa shape index (κ2) is 7.25. The van der Waals surface area contributed by atoms with E-state index in [0.717, 1.165) is 24.3 Å². The Morgan fingerprint density at radius 2 is 1.62 bits per heavy atom. The van der Waals surface area contributed by atoms with Crippen LogP contribution in [0, 0.1) is 29.2 Å². The molecule has 1 N–H and O–H groups in total. The Labute approximate surface area is 135 Å². The zero-order valence-electron chi connectivity index (χ0n) is 12.5. The molecule has 2 atom stereocenters. The Hall–Kier alpha value is -2.70. The molecule has 0 saturated heterocycles. The summed E-state index contributed by atoms with van der Waals surface area (Å²) < 4.78 is 53.0. The summed E-state index contributed by atoms with van der Waals surface area (Å²) in [5.74, 6) is -6.53. The van der Waals surface area contributed by atoms with E-state index in [1.807, 2.05) is 0 Å². The van der Waals surface area contributed by atoms with Crippen LogP contribution in [0.2, 0.25) is 0 Å². The minimum absolute atomic E-state index is 0.110. The van der Waals surface area contributed by atoms with E-state index in [1.165, 1.54) is 6.92 Å². The topological polar surface area (TPSA) is 46.2 Å². The summed E-state index contributed by atoms with van der Waals surface area (Å²) in [5.41, 5.74) is -0.190. The van der Waals surface area contributed by atoms with Crippen LogP contribution < -0.4 is 5.32 Å². The summed E-state index contributed by atoms with van der Waals surface area (Å²) in [6, 6.07) is 5.22. The SMILES string of the molecule is CC(c1cc(F)cc(F)c1)C(C=O)C(=O)Nc1ccc(F)cc1F. The smallest absolute Gasteiger partial charge is 0.235 e. The maximum Gasteiger partial charge on any atom is 0.235 e. The number of anilines is 1. The van der Waals surface area contributed by atoms with Crippen molar-refractivity contribution in [2.45, 2.75) is 12.8 Å². The van der Waals surface area contributed by atoms with E-state index in [-0.39, 0.29) is 11.3 Å². The van der Waals surface area contributed by atoms with Gasteiger partial charge in [-0.2, -0.15) is 0 Å². The van der Waals surface area contributed by atoms with E-state index in [2.05, 4.69) is 5.32 Å². The second-order valence-corrected chi connectivity index (χ2v) is 5.27. The highest BCUT2D eigenvalue weighted by molar-refractivity contribution is 6.01. The van der Waals surface area contributed by atoms with E-state index in [4.69, 9.17) is 0 Å². The van der Waals surface area contributed by atoms with Gasteiger partial charge in [-0.05, 0) is 35.7 Å². The molecule has 0 aliphatic heterocycles. The number of hydrogen-bond donors (Lipinski definition) is 1. The fourth-order valence-corrected chi connectivity index (χ4v) is 2.26. The highest BCUT2D eigenvalue weighted by Crippen LogP contribution is 2.26. The lowest BCUT2D eigenvalue weighted by atomic mass is 9.87. The van der Waals surface area contributed by atoms with E-state index in [1.54, 1.807) is 0 Å². The average Bonchev–Trinajstić information content (AvgIpc) is 2.49. The Kier molecular flexibility index (Phi) is 5.33. The first-order valence-electron chi connectivity index (χ1n) is 6.99. The van der Waals surface area contributed by atoms with Crippen LogP contribution in [0.15, 0.2) is 36.4 Å². The molecule has 3 nitrogen and oxygen atoms in total. The molecule has 126 valence electrons. The molecule has 0 aliphatic carbocycles. The summed E-state index contributed by atoms with van der Waals surface area (Å²) in [5, 5.41) is 2.17. The number of nitrogens with one attached hydrogen (secondary N) is 1. The second-order valence-electron chi connectivity index (χ2n) is 5.27. The van der Waals surface area contributed by atoms with Crippen LogP contribution in [-0.2, 0) is 9.59 Å². The van der Waals surface area contributed by atoms with Gasteiger partial charge in [-0.15, -0.1) is 0 Å². The van der Waals surface area contributed by atoms with Gasteiger partial charge in [-0.25, -0.2) is 17.6 Å². The van der Waals surface area contributed by atoms with E-state index in [0.29, 0.717) is 18.4 Å². The predicted molar refractivity (Wildman–Crippen MR) is 79.3 cm³/mol. The van der Waals surface area contributed by atoms with Gasteiger partial charge in [0.1, 0.15) is 35.5 Å². The van der Waals surface area contributed by atoms with Crippen LogP contribution in [0.25, 0.3) is 0 Å². The molecule has 1 amide bonds. The standard InChI is InChI=1S/C17H13F4NO2/c1-9(10-4-12(19)6-13(20)5-10)14(8-23)17(24)22-16-3-2-11(18)7-15(16)21/h2-9,14H,1H3,(H,22,24). The van der Waals surface area contributed by atoms with Crippen LogP contribution in [0.5, 0.6) is 0 Å². The molecule has 0 heterocycles. The van der Waals surface area contributed by atoms with E-state index in [9.17, 15) is 27.2 Å². The van der Waals surface area contributed by atoms with Gasteiger partial charge in [0.15, 0.2) is 0 Å². The number of aldehydes is 1. The quantitative estimate of drug-likeness (QED) is 0.512. The number of amides is 1. The number of rotatable bonds is 5. The summed E-state index contributed by atoms with van der Waals surface area (Å²) in [6.07, 6.45) is 0.310. The molecular formula is C17H13F4NO2. The summed E-state index contributed by atoms with van der Waals surface area (Å²) in [6.45, 7) is 1.44. The first-order chi connectivity index (χ1) is 11.3. The molecule has 0 aromatic heterocycles. The van der Waals surface area contributed by atoms with Crippen molar-refractivity contribution in [3.63, 3.8) is 0 Å². The number of carbonyl (C=O) groups excluding carboxylic acids is 2. The van der Waals surface area contributed by atoms with Crippen LogP contribution in [0.3, 0.4) is 0 Å². The average molecular weight is 339 g/mol. The molecule has 0 radical (unpaired) electrons. The molecule has 0 fully saturated rings. The predicted octanol–water partition coefficient (Wildman–Crippen LogP) is 3.80. The third-order valence-corrected chi connectivity index (χ3v) is 3.59. The maximum atomic E-state index is 13.6. The number of hydrogen-bond acceptors (Lipinski definition) is 2. The van der Waals surface area contributed by atoms with Crippen LogP contribution in [0.4, 0.5) is 23.2 Å². The fourth-order valence-electron chi connectivity index (χ4n) is 2.26. The Morgan fingerprint density at radius 3 is 2.17 bits per heavy atom. The molecule has 0 aliphatic rings. The number of halogens is 4. The van der Waals surface area contributed by atoms with Crippen molar-refractivity contribution in [2.24, 2.45) is 5.92 Å². The monoisotopic (exact) mass is 339 g/mol. The Morgan fingerprint density at radius 1 is 1.00 bits per heavy atom. The van der Waals surface area contributed by atoms with Crippen LogP contribution in [0.1, 0.15) is 18.4 Å². The zero-order chi connectivity index (χ0) is 17.9. The van der Waals surface area contributed by atoms with Crippen molar-refractivity contribution in [2.75, 3.05) is 5.32 Å². The Bertz CT molecular complexity index is 759. The van der Waals surface area contributed by atoms with E-state index < -0.39 is 41.0 Å². The molecule has 7 heteroatoms. The van der Waals surface area contributed by atoms with Crippen molar-refractivity contribution in [1.29, 1.82) is 0 Å². The van der Waals surface area contributed by atoms with Gasteiger partial charge in [0, 0.05) is 12.1 Å². The Balaban J connectivity index is 2.23. The highest BCUT2D eigenvalue weighted by atomic mass is 19.1. The summed E-state index contributed by atoms with van der Waals surface area (Å²) in [7, 11) is 0. The summed E-state index contributed by atoms with van der Waals surface area (Å²) in [4.78, 5) is 23.4. The molecule has 24 heavy (non-hydrogen) atoms. The molecule has 0 spiro atoms.